The Bertz CT molecular complexity index is 962. The minimum Gasteiger partial charge on any atom is -0.368 e. The third-order valence-corrected chi connectivity index (χ3v) is 6.44. The first-order valence-corrected chi connectivity index (χ1v) is 10.2. The number of aryl methyl sites for hydroxylation is 1. The maximum absolute atomic E-state index is 12.7. The molecule has 4 rings (SSSR count). The first-order chi connectivity index (χ1) is 13.5. The monoisotopic (exact) mass is 393 g/mol. The van der Waals surface area contributed by atoms with Gasteiger partial charge >= 0.3 is 0 Å². The number of hydrogen-bond acceptors (Lipinski definition) is 4. The standard InChI is InChI=1S/C22H23N3O2S/c1-15-6-5-8-18(16(15)2)24-10-12-25(13-11-24)21(26)14-20-22(27)23-17-7-3-4-9-19(17)28-20/h3-9,14H,10-13H2,1-2H3,(H,23,27). The fraction of sp³-hybridized carbons (Fsp3) is 0.273. The number of nitrogens with zero attached hydrogens (tertiary/aromatic N) is 2. The van der Waals surface area contributed by atoms with Crippen molar-refractivity contribution in [3.05, 3.63) is 64.6 Å². The Morgan fingerprint density at radius 3 is 2.57 bits per heavy atom. The summed E-state index contributed by atoms with van der Waals surface area (Å²) < 4.78 is 0. The predicted octanol–water partition coefficient (Wildman–Crippen LogP) is 3.58. The summed E-state index contributed by atoms with van der Waals surface area (Å²) in [6, 6.07) is 14.0. The molecule has 0 aliphatic carbocycles. The Hall–Kier alpha value is -2.73. The maximum Gasteiger partial charge on any atom is 0.262 e. The van der Waals surface area contributed by atoms with Gasteiger partial charge in [-0.15, -0.1) is 0 Å². The molecular weight excluding hydrogens is 370 g/mol. The summed E-state index contributed by atoms with van der Waals surface area (Å²) in [5.74, 6) is -0.316. The summed E-state index contributed by atoms with van der Waals surface area (Å²) in [6.07, 6.45) is 1.48. The van der Waals surface area contributed by atoms with Gasteiger partial charge in [-0.2, -0.15) is 0 Å². The number of anilines is 2. The van der Waals surface area contributed by atoms with E-state index in [-0.39, 0.29) is 11.8 Å². The largest absolute Gasteiger partial charge is 0.368 e. The van der Waals surface area contributed by atoms with Crippen molar-refractivity contribution in [3.63, 3.8) is 0 Å². The van der Waals surface area contributed by atoms with Crippen LogP contribution in [0, 0.1) is 13.8 Å². The van der Waals surface area contributed by atoms with Crippen LogP contribution in [0.4, 0.5) is 11.4 Å². The van der Waals surface area contributed by atoms with E-state index in [2.05, 4.69) is 42.3 Å². The molecule has 1 N–H and O–H groups in total. The molecule has 2 aromatic carbocycles. The van der Waals surface area contributed by atoms with E-state index < -0.39 is 0 Å². The molecule has 2 heterocycles. The number of piperazine rings is 1. The van der Waals surface area contributed by atoms with Crippen molar-refractivity contribution in [2.45, 2.75) is 18.7 Å². The van der Waals surface area contributed by atoms with Crippen LogP contribution in [-0.4, -0.2) is 42.9 Å². The van der Waals surface area contributed by atoms with Crippen LogP contribution < -0.4 is 10.2 Å². The Morgan fingerprint density at radius 2 is 1.79 bits per heavy atom. The molecule has 0 bridgehead atoms. The van der Waals surface area contributed by atoms with Gasteiger partial charge < -0.3 is 15.1 Å². The molecule has 0 radical (unpaired) electrons. The van der Waals surface area contributed by atoms with Crippen LogP contribution in [0.5, 0.6) is 0 Å². The molecule has 1 fully saturated rings. The number of fused-ring (bicyclic) bond motifs is 1. The van der Waals surface area contributed by atoms with E-state index in [1.807, 2.05) is 29.2 Å². The van der Waals surface area contributed by atoms with Gasteiger partial charge in [0.2, 0.25) is 5.91 Å². The molecule has 0 spiro atoms. The minimum absolute atomic E-state index is 0.0994. The summed E-state index contributed by atoms with van der Waals surface area (Å²) in [4.78, 5) is 30.6. The molecule has 2 aliphatic rings. The molecule has 0 atom stereocenters. The topological polar surface area (TPSA) is 52.6 Å². The summed E-state index contributed by atoms with van der Waals surface area (Å²) in [5, 5.41) is 2.85. The zero-order valence-corrected chi connectivity index (χ0v) is 16.9. The Balaban J connectivity index is 1.42. The number of nitrogens with one attached hydrogen (secondary N) is 1. The van der Waals surface area contributed by atoms with E-state index in [9.17, 15) is 9.59 Å². The summed E-state index contributed by atoms with van der Waals surface area (Å²) in [7, 11) is 0. The number of hydrogen-bond donors (Lipinski definition) is 1. The third-order valence-electron chi connectivity index (χ3n) is 5.34. The average molecular weight is 394 g/mol. The average Bonchev–Trinajstić information content (AvgIpc) is 2.71. The summed E-state index contributed by atoms with van der Waals surface area (Å²) >= 11 is 1.35. The van der Waals surface area contributed by atoms with Crippen molar-refractivity contribution < 1.29 is 9.59 Å². The van der Waals surface area contributed by atoms with Gasteiger partial charge in [0.15, 0.2) is 0 Å². The van der Waals surface area contributed by atoms with Crippen molar-refractivity contribution in [3.8, 4) is 0 Å². The number of para-hydroxylation sites is 1. The quantitative estimate of drug-likeness (QED) is 0.793. The molecule has 2 amide bonds. The van der Waals surface area contributed by atoms with Gasteiger partial charge in [0.1, 0.15) is 0 Å². The lowest BCUT2D eigenvalue weighted by molar-refractivity contribution is -0.126. The van der Waals surface area contributed by atoms with E-state index in [1.54, 1.807) is 0 Å². The molecular formula is C22H23N3O2S. The number of benzene rings is 2. The lowest BCUT2D eigenvalue weighted by Crippen LogP contribution is -2.48. The summed E-state index contributed by atoms with van der Waals surface area (Å²) in [5.41, 5.74) is 4.60. The molecule has 144 valence electrons. The highest BCUT2D eigenvalue weighted by molar-refractivity contribution is 8.04. The fourth-order valence-electron chi connectivity index (χ4n) is 3.55. The molecule has 2 aromatic rings. The highest BCUT2D eigenvalue weighted by atomic mass is 32.2. The maximum atomic E-state index is 12.7. The number of amides is 2. The van der Waals surface area contributed by atoms with Crippen molar-refractivity contribution in [2.24, 2.45) is 0 Å². The SMILES string of the molecule is Cc1cccc(N2CCN(C(=O)C=C3Sc4ccccc4NC3=O)CC2)c1C. The van der Waals surface area contributed by atoms with Crippen LogP contribution in [-0.2, 0) is 9.59 Å². The summed E-state index contributed by atoms with van der Waals surface area (Å²) in [6.45, 7) is 7.15. The number of thioether (sulfide) groups is 1. The van der Waals surface area contributed by atoms with Crippen molar-refractivity contribution in [1.82, 2.24) is 4.90 Å². The predicted molar refractivity (Wildman–Crippen MR) is 114 cm³/mol. The van der Waals surface area contributed by atoms with Gasteiger partial charge in [-0.3, -0.25) is 9.59 Å². The van der Waals surface area contributed by atoms with Gasteiger partial charge in [0.25, 0.3) is 5.91 Å². The minimum atomic E-state index is -0.217. The highest BCUT2D eigenvalue weighted by Crippen LogP contribution is 2.37. The lowest BCUT2D eigenvalue weighted by atomic mass is 10.1. The van der Waals surface area contributed by atoms with Crippen molar-refractivity contribution in [2.75, 3.05) is 36.4 Å². The van der Waals surface area contributed by atoms with Gasteiger partial charge in [-0.05, 0) is 43.2 Å². The first kappa shape index (κ1) is 18.6. The molecule has 0 unspecified atom stereocenters. The molecule has 0 saturated carbocycles. The van der Waals surface area contributed by atoms with Gasteiger partial charge in [0.05, 0.1) is 10.6 Å². The second kappa shape index (κ2) is 7.72. The first-order valence-electron chi connectivity index (χ1n) is 9.43. The van der Waals surface area contributed by atoms with Crippen LogP contribution in [0.1, 0.15) is 11.1 Å². The van der Waals surface area contributed by atoms with Crippen LogP contribution in [0.3, 0.4) is 0 Å². The lowest BCUT2D eigenvalue weighted by Gasteiger charge is -2.36. The van der Waals surface area contributed by atoms with E-state index in [0.29, 0.717) is 18.0 Å². The molecule has 1 saturated heterocycles. The van der Waals surface area contributed by atoms with Crippen molar-refractivity contribution >= 4 is 35.0 Å². The molecule has 5 nitrogen and oxygen atoms in total. The Morgan fingerprint density at radius 1 is 1.04 bits per heavy atom. The Kier molecular flexibility index (Phi) is 5.13. The van der Waals surface area contributed by atoms with Gasteiger partial charge in [0, 0.05) is 42.8 Å². The molecule has 6 heteroatoms. The molecule has 28 heavy (non-hydrogen) atoms. The van der Waals surface area contributed by atoms with Crippen LogP contribution >= 0.6 is 11.8 Å². The van der Waals surface area contributed by atoms with E-state index in [1.165, 1.54) is 34.7 Å². The zero-order valence-electron chi connectivity index (χ0n) is 16.1. The van der Waals surface area contributed by atoms with Gasteiger partial charge in [-0.1, -0.05) is 36.0 Å². The normalized spacial score (nSPS) is 18.1. The third kappa shape index (κ3) is 3.64. The number of rotatable bonds is 2. The van der Waals surface area contributed by atoms with E-state index in [4.69, 9.17) is 0 Å². The van der Waals surface area contributed by atoms with E-state index >= 15 is 0 Å². The van der Waals surface area contributed by atoms with Gasteiger partial charge in [-0.25, -0.2) is 0 Å². The second-order valence-electron chi connectivity index (χ2n) is 7.09. The zero-order chi connectivity index (χ0) is 19.7. The van der Waals surface area contributed by atoms with Crippen LogP contribution in [0.2, 0.25) is 0 Å². The van der Waals surface area contributed by atoms with E-state index in [0.717, 1.165) is 23.7 Å². The van der Waals surface area contributed by atoms with Crippen molar-refractivity contribution in [1.29, 1.82) is 0 Å². The number of carbonyl (C=O) groups excluding carboxylic acids is 2. The smallest absolute Gasteiger partial charge is 0.262 e. The molecule has 0 aromatic heterocycles. The highest BCUT2D eigenvalue weighted by Gasteiger charge is 2.25. The fourth-order valence-corrected chi connectivity index (χ4v) is 4.47. The molecule has 2 aliphatic heterocycles. The second-order valence-corrected chi connectivity index (χ2v) is 8.18. The van der Waals surface area contributed by atoms with Crippen LogP contribution in [0.15, 0.2) is 58.3 Å². The Labute approximate surface area is 169 Å². The number of carbonyl (C=O) groups is 2. The van der Waals surface area contributed by atoms with Crippen LogP contribution in [0.25, 0.3) is 0 Å².